The molecule has 0 spiro atoms. The normalized spacial score (nSPS) is 22.6. The van der Waals surface area contributed by atoms with Crippen LogP contribution in [-0.4, -0.2) is 11.5 Å². The highest BCUT2D eigenvalue weighted by atomic mass is 32.2. The molecule has 0 nitrogen and oxygen atoms in total. The molecule has 0 aromatic heterocycles. The zero-order valence-corrected chi connectivity index (χ0v) is 9.29. The van der Waals surface area contributed by atoms with Crippen molar-refractivity contribution in [1.82, 2.24) is 0 Å². The van der Waals surface area contributed by atoms with Crippen LogP contribution in [0.1, 0.15) is 27.7 Å². The topological polar surface area (TPSA) is 0 Å². The first-order valence-electron chi connectivity index (χ1n) is 4.56. The zero-order valence-electron chi connectivity index (χ0n) is 8.48. The first-order chi connectivity index (χ1) is 5.61. The molecule has 0 saturated heterocycles. The van der Waals surface area contributed by atoms with E-state index in [-0.39, 0.29) is 0 Å². The van der Waals surface area contributed by atoms with Crippen LogP contribution in [0, 0.1) is 5.92 Å². The first kappa shape index (κ1) is 9.91. The Morgan fingerprint density at radius 2 is 2.08 bits per heavy atom. The zero-order chi connectivity index (χ0) is 9.14. The fraction of sp³-hybridized carbons (Fsp3) is 0.636. The van der Waals surface area contributed by atoms with Gasteiger partial charge in [0, 0.05) is 11.5 Å². The van der Waals surface area contributed by atoms with Gasteiger partial charge in [0.05, 0.1) is 0 Å². The molecular formula is C11H18S. The van der Waals surface area contributed by atoms with Crippen LogP contribution in [-0.2, 0) is 0 Å². The molecular weight excluding hydrogens is 164 g/mol. The molecule has 0 aromatic rings. The van der Waals surface area contributed by atoms with E-state index in [0.29, 0.717) is 5.92 Å². The summed E-state index contributed by atoms with van der Waals surface area (Å²) >= 11 is 2.03. The van der Waals surface area contributed by atoms with Gasteiger partial charge in [-0.25, -0.2) is 0 Å². The van der Waals surface area contributed by atoms with Gasteiger partial charge >= 0.3 is 0 Å². The lowest BCUT2D eigenvalue weighted by Crippen LogP contribution is -2.02. The van der Waals surface area contributed by atoms with Crippen molar-refractivity contribution in [3.63, 3.8) is 0 Å². The van der Waals surface area contributed by atoms with E-state index in [2.05, 4.69) is 33.8 Å². The third-order valence-corrected chi connectivity index (χ3v) is 3.56. The van der Waals surface area contributed by atoms with E-state index < -0.39 is 0 Å². The summed E-state index contributed by atoms with van der Waals surface area (Å²) in [6.45, 7) is 9.02. The molecule has 0 aliphatic carbocycles. The van der Waals surface area contributed by atoms with Gasteiger partial charge in [-0.05, 0) is 25.3 Å². The molecule has 0 radical (unpaired) electrons. The lowest BCUT2D eigenvalue weighted by Gasteiger charge is -2.17. The minimum Gasteiger partial charge on any atom is -0.153 e. The van der Waals surface area contributed by atoms with E-state index in [4.69, 9.17) is 0 Å². The SMILES string of the molecule is CC1=C/C(=C(\C)C(C)C)CSC1. The molecule has 0 fully saturated rings. The lowest BCUT2D eigenvalue weighted by atomic mass is 9.98. The molecule has 1 aliphatic heterocycles. The molecule has 0 amide bonds. The van der Waals surface area contributed by atoms with Crippen molar-refractivity contribution in [2.75, 3.05) is 11.5 Å². The van der Waals surface area contributed by atoms with Gasteiger partial charge in [0.15, 0.2) is 0 Å². The molecule has 1 heteroatoms. The second kappa shape index (κ2) is 4.18. The van der Waals surface area contributed by atoms with Gasteiger partial charge in [-0.15, -0.1) is 0 Å². The Morgan fingerprint density at radius 1 is 1.42 bits per heavy atom. The van der Waals surface area contributed by atoms with Crippen molar-refractivity contribution >= 4 is 11.8 Å². The predicted molar refractivity (Wildman–Crippen MR) is 58.6 cm³/mol. The van der Waals surface area contributed by atoms with E-state index in [1.165, 1.54) is 17.1 Å². The molecule has 0 N–H and O–H groups in total. The molecule has 1 rings (SSSR count). The maximum absolute atomic E-state index is 2.37. The molecule has 0 atom stereocenters. The number of thioether (sulfide) groups is 1. The fourth-order valence-electron chi connectivity index (χ4n) is 1.30. The second-order valence-electron chi connectivity index (χ2n) is 3.85. The van der Waals surface area contributed by atoms with Gasteiger partial charge in [0.1, 0.15) is 0 Å². The van der Waals surface area contributed by atoms with E-state index in [0.717, 1.165) is 0 Å². The predicted octanol–water partition coefficient (Wildman–Crippen LogP) is 3.65. The number of hydrogen-bond donors (Lipinski definition) is 0. The summed E-state index contributed by atoms with van der Waals surface area (Å²) in [6.07, 6.45) is 2.37. The summed E-state index contributed by atoms with van der Waals surface area (Å²) < 4.78 is 0. The fourth-order valence-corrected chi connectivity index (χ4v) is 2.34. The van der Waals surface area contributed by atoms with Crippen LogP contribution < -0.4 is 0 Å². The van der Waals surface area contributed by atoms with E-state index in [1.807, 2.05) is 11.8 Å². The van der Waals surface area contributed by atoms with E-state index in [1.54, 1.807) is 11.1 Å². The number of rotatable bonds is 1. The van der Waals surface area contributed by atoms with Crippen molar-refractivity contribution < 1.29 is 0 Å². The standard InChI is InChI=1S/C11H18S/c1-8(2)10(4)11-5-9(3)6-12-7-11/h5,8H,6-7H2,1-4H3/b11-10-. The van der Waals surface area contributed by atoms with Crippen LogP contribution in [0.5, 0.6) is 0 Å². The summed E-state index contributed by atoms with van der Waals surface area (Å²) in [5, 5.41) is 0. The highest BCUT2D eigenvalue weighted by Crippen LogP contribution is 2.25. The quantitative estimate of drug-likeness (QED) is 0.596. The van der Waals surface area contributed by atoms with Crippen molar-refractivity contribution in [3.05, 3.63) is 22.8 Å². The summed E-state index contributed by atoms with van der Waals surface area (Å²) in [5.41, 5.74) is 4.63. The van der Waals surface area contributed by atoms with E-state index >= 15 is 0 Å². The molecule has 0 saturated carbocycles. The van der Waals surface area contributed by atoms with Crippen LogP contribution >= 0.6 is 11.8 Å². The van der Waals surface area contributed by atoms with Crippen LogP contribution in [0.15, 0.2) is 22.8 Å². The monoisotopic (exact) mass is 182 g/mol. The summed E-state index contributed by atoms with van der Waals surface area (Å²) in [7, 11) is 0. The number of hydrogen-bond acceptors (Lipinski definition) is 1. The average Bonchev–Trinajstić information content (AvgIpc) is 2.03. The van der Waals surface area contributed by atoms with Crippen LogP contribution in [0.4, 0.5) is 0 Å². The van der Waals surface area contributed by atoms with Crippen molar-refractivity contribution in [2.24, 2.45) is 5.92 Å². The summed E-state index contributed by atoms with van der Waals surface area (Å²) in [6, 6.07) is 0. The Hall–Kier alpha value is -0.170. The van der Waals surface area contributed by atoms with Crippen molar-refractivity contribution in [2.45, 2.75) is 27.7 Å². The first-order valence-corrected chi connectivity index (χ1v) is 5.71. The summed E-state index contributed by atoms with van der Waals surface area (Å²) in [5.74, 6) is 3.12. The van der Waals surface area contributed by atoms with Crippen LogP contribution in [0.25, 0.3) is 0 Å². The second-order valence-corrected chi connectivity index (χ2v) is 4.83. The maximum atomic E-state index is 2.37. The third kappa shape index (κ3) is 2.41. The lowest BCUT2D eigenvalue weighted by molar-refractivity contribution is 0.760. The third-order valence-electron chi connectivity index (χ3n) is 2.38. The smallest absolute Gasteiger partial charge is 0.0187 e. The Balaban J connectivity index is 2.86. The maximum Gasteiger partial charge on any atom is 0.0187 e. The Bertz CT molecular complexity index is 221. The van der Waals surface area contributed by atoms with Gasteiger partial charge in [-0.1, -0.05) is 31.1 Å². The highest BCUT2D eigenvalue weighted by molar-refractivity contribution is 7.99. The Morgan fingerprint density at radius 3 is 2.58 bits per heavy atom. The Labute approximate surface area is 80.1 Å². The molecule has 0 bridgehead atoms. The molecule has 1 heterocycles. The minimum atomic E-state index is 0.697. The highest BCUT2D eigenvalue weighted by Gasteiger charge is 2.08. The molecule has 12 heavy (non-hydrogen) atoms. The summed E-state index contributed by atoms with van der Waals surface area (Å²) in [4.78, 5) is 0. The minimum absolute atomic E-state index is 0.697. The Kier molecular flexibility index (Phi) is 3.45. The van der Waals surface area contributed by atoms with E-state index in [9.17, 15) is 0 Å². The largest absolute Gasteiger partial charge is 0.153 e. The van der Waals surface area contributed by atoms with Crippen molar-refractivity contribution in [1.29, 1.82) is 0 Å². The van der Waals surface area contributed by atoms with Gasteiger partial charge in [0.25, 0.3) is 0 Å². The van der Waals surface area contributed by atoms with Crippen LogP contribution in [0.2, 0.25) is 0 Å². The molecule has 0 aromatic carbocycles. The molecule has 0 unspecified atom stereocenters. The average molecular weight is 182 g/mol. The van der Waals surface area contributed by atoms with Gasteiger partial charge < -0.3 is 0 Å². The molecule has 68 valence electrons. The molecule has 1 aliphatic rings. The number of allylic oxidation sites excluding steroid dienone is 2. The van der Waals surface area contributed by atoms with Gasteiger partial charge in [0.2, 0.25) is 0 Å². The van der Waals surface area contributed by atoms with Crippen molar-refractivity contribution in [3.8, 4) is 0 Å². The van der Waals surface area contributed by atoms with Crippen LogP contribution in [0.3, 0.4) is 0 Å². The van der Waals surface area contributed by atoms with Gasteiger partial charge in [-0.2, -0.15) is 11.8 Å². The van der Waals surface area contributed by atoms with Gasteiger partial charge in [-0.3, -0.25) is 0 Å².